The SMILES string of the molecule is O=C([C@H]1CCCN(c2cccc3c2C(=O)N(Cc2ccc(Cl)cc2)C3=O)C1)N1CCSCC1. The van der Waals surface area contributed by atoms with Crippen LogP contribution < -0.4 is 4.90 Å². The lowest BCUT2D eigenvalue weighted by Crippen LogP contribution is -2.47. The van der Waals surface area contributed by atoms with Gasteiger partial charge in [-0.2, -0.15) is 11.8 Å². The molecule has 0 bridgehead atoms. The zero-order valence-corrected chi connectivity index (χ0v) is 19.9. The summed E-state index contributed by atoms with van der Waals surface area (Å²) in [5.74, 6) is 1.59. The summed E-state index contributed by atoms with van der Waals surface area (Å²) in [6.07, 6.45) is 1.75. The van der Waals surface area contributed by atoms with Gasteiger partial charge >= 0.3 is 0 Å². The topological polar surface area (TPSA) is 60.9 Å². The Morgan fingerprint density at radius 3 is 2.52 bits per heavy atom. The largest absolute Gasteiger partial charge is 0.370 e. The number of imide groups is 1. The number of amides is 3. The third-order valence-electron chi connectivity index (χ3n) is 6.67. The summed E-state index contributed by atoms with van der Waals surface area (Å²) in [4.78, 5) is 45.0. The van der Waals surface area contributed by atoms with E-state index in [1.165, 1.54) is 4.90 Å². The first-order valence-electron chi connectivity index (χ1n) is 11.4. The minimum Gasteiger partial charge on any atom is -0.370 e. The number of rotatable bonds is 4. The van der Waals surface area contributed by atoms with Gasteiger partial charge in [0.2, 0.25) is 5.91 Å². The summed E-state index contributed by atoms with van der Waals surface area (Å²) in [5, 5.41) is 0.612. The van der Waals surface area contributed by atoms with Crippen molar-refractivity contribution in [2.45, 2.75) is 19.4 Å². The zero-order valence-electron chi connectivity index (χ0n) is 18.3. The van der Waals surface area contributed by atoms with Crippen LogP contribution in [0.4, 0.5) is 5.69 Å². The molecule has 0 N–H and O–H groups in total. The molecule has 0 aromatic heterocycles. The molecule has 2 fully saturated rings. The van der Waals surface area contributed by atoms with Crippen LogP contribution in [0.3, 0.4) is 0 Å². The average molecular weight is 484 g/mol. The summed E-state index contributed by atoms with van der Waals surface area (Å²) >= 11 is 7.86. The first kappa shape index (κ1) is 22.3. The van der Waals surface area contributed by atoms with Crippen LogP contribution in [0.5, 0.6) is 0 Å². The maximum absolute atomic E-state index is 13.4. The fourth-order valence-electron chi connectivity index (χ4n) is 4.93. The van der Waals surface area contributed by atoms with Crippen molar-refractivity contribution in [3.05, 3.63) is 64.2 Å². The lowest BCUT2D eigenvalue weighted by Gasteiger charge is -2.37. The molecular weight excluding hydrogens is 458 g/mol. The van der Waals surface area contributed by atoms with E-state index in [-0.39, 0.29) is 30.2 Å². The molecule has 33 heavy (non-hydrogen) atoms. The van der Waals surface area contributed by atoms with E-state index in [4.69, 9.17) is 11.6 Å². The number of halogens is 1. The molecule has 2 aromatic rings. The normalized spacial score (nSPS) is 20.9. The number of benzene rings is 2. The fraction of sp³-hybridized carbons (Fsp3) is 0.400. The molecule has 1 atom stereocenters. The Kier molecular flexibility index (Phi) is 6.34. The maximum Gasteiger partial charge on any atom is 0.263 e. The molecular formula is C25H26ClN3O3S. The van der Waals surface area contributed by atoms with Gasteiger partial charge in [0.15, 0.2) is 0 Å². The van der Waals surface area contributed by atoms with Crippen molar-refractivity contribution in [2.75, 3.05) is 42.6 Å². The van der Waals surface area contributed by atoms with Gasteiger partial charge in [-0.25, -0.2) is 0 Å². The lowest BCUT2D eigenvalue weighted by atomic mass is 9.94. The molecule has 5 rings (SSSR count). The Labute approximate surface area is 202 Å². The molecule has 2 aromatic carbocycles. The molecule has 3 amide bonds. The Hall–Kier alpha value is -2.51. The summed E-state index contributed by atoms with van der Waals surface area (Å²) in [6.45, 7) is 3.18. The van der Waals surface area contributed by atoms with E-state index in [0.717, 1.165) is 55.2 Å². The van der Waals surface area contributed by atoms with Gasteiger partial charge in [0.05, 0.1) is 29.3 Å². The van der Waals surface area contributed by atoms with Crippen molar-refractivity contribution >= 4 is 46.8 Å². The second kappa shape index (κ2) is 9.39. The smallest absolute Gasteiger partial charge is 0.263 e. The Morgan fingerprint density at radius 2 is 1.76 bits per heavy atom. The van der Waals surface area contributed by atoms with Crippen molar-refractivity contribution in [2.24, 2.45) is 5.92 Å². The van der Waals surface area contributed by atoms with E-state index >= 15 is 0 Å². The lowest BCUT2D eigenvalue weighted by molar-refractivity contribution is -0.135. The van der Waals surface area contributed by atoms with Crippen LogP contribution in [-0.4, -0.2) is 65.2 Å². The standard InChI is InChI=1S/C25H26ClN3O3S/c26-19-8-6-17(7-9-19)15-29-24(31)20-4-1-5-21(22(20)25(29)32)28-10-2-3-18(16-28)23(30)27-11-13-33-14-12-27/h1,4-9,18H,2-3,10-16H2/t18-/m0/s1. The predicted octanol–water partition coefficient (Wildman–Crippen LogP) is 3.93. The van der Waals surface area contributed by atoms with Gasteiger partial charge in [-0.1, -0.05) is 29.8 Å². The molecule has 172 valence electrons. The van der Waals surface area contributed by atoms with E-state index < -0.39 is 0 Å². The summed E-state index contributed by atoms with van der Waals surface area (Å²) < 4.78 is 0. The van der Waals surface area contributed by atoms with Crippen molar-refractivity contribution in [3.8, 4) is 0 Å². The highest BCUT2D eigenvalue weighted by atomic mass is 35.5. The monoisotopic (exact) mass is 483 g/mol. The van der Waals surface area contributed by atoms with Gasteiger partial charge in [-0.3, -0.25) is 19.3 Å². The summed E-state index contributed by atoms with van der Waals surface area (Å²) in [7, 11) is 0. The van der Waals surface area contributed by atoms with E-state index in [9.17, 15) is 14.4 Å². The van der Waals surface area contributed by atoms with E-state index in [2.05, 4.69) is 4.90 Å². The number of hydrogen-bond acceptors (Lipinski definition) is 5. The van der Waals surface area contributed by atoms with E-state index in [0.29, 0.717) is 22.7 Å². The molecule has 8 heteroatoms. The highest BCUT2D eigenvalue weighted by Crippen LogP contribution is 2.35. The zero-order chi connectivity index (χ0) is 22.9. The molecule has 3 aliphatic heterocycles. The maximum atomic E-state index is 13.4. The van der Waals surface area contributed by atoms with Crippen LogP contribution in [0.25, 0.3) is 0 Å². The number of carbonyl (C=O) groups excluding carboxylic acids is 3. The summed E-state index contributed by atoms with van der Waals surface area (Å²) in [5.41, 5.74) is 2.50. The van der Waals surface area contributed by atoms with Crippen molar-refractivity contribution in [1.82, 2.24) is 9.80 Å². The molecule has 6 nitrogen and oxygen atoms in total. The first-order valence-corrected chi connectivity index (χ1v) is 12.9. The highest BCUT2D eigenvalue weighted by molar-refractivity contribution is 7.99. The molecule has 2 saturated heterocycles. The van der Waals surface area contributed by atoms with Crippen LogP contribution >= 0.6 is 23.4 Å². The third kappa shape index (κ3) is 4.36. The number of piperidine rings is 1. The molecule has 0 radical (unpaired) electrons. The second-order valence-electron chi connectivity index (χ2n) is 8.75. The molecule has 0 aliphatic carbocycles. The molecule has 0 saturated carbocycles. The molecule has 3 heterocycles. The van der Waals surface area contributed by atoms with Gasteiger partial charge < -0.3 is 9.80 Å². The third-order valence-corrected chi connectivity index (χ3v) is 7.86. The number of hydrogen-bond donors (Lipinski definition) is 0. The predicted molar refractivity (Wildman–Crippen MR) is 131 cm³/mol. The average Bonchev–Trinajstić information content (AvgIpc) is 3.10. The van der Waals surface area contributed by atoms with Gasteiger partial charge in [-0.15, -0.1) is 0 Å². The van der Waals surface area contributed by atoms with Crippen LogP contribution in [-0.2, 0) is 11.3 Å². The second-order valence-corrected chi connectivity index (χ2v) is 10.4. The number of thioether (sulfide) groups is 1. The number of fused-ring (bicyclic) bond motifs is 1. The number of anilines is 1. The fourth-order valence-corrected chi connectivity index (χ4v) is 5.96. The Morgan fingerprint density at radius 1 is 1.00 bits per heavy atom. The van der Waals surface area contributed by atoms with Gasteiger partial charge in [0.25, 0.3) is 11.8 Å². The minimum absolute atomic E-state index is 0.0740. The van der Waals surface area contributed by atoms with Crippen LogP contribution in [0.2, 0.25) is 5.02 Å². The van der Waals surface area contributed by atoms with Crippen molar-refractivity contribution in [1.29, 1.82) is 0 Å². The van der Waals surface area contributed by atoms with Gasteiger partial charge in [-0.05, 0) is 42.7 Å². The van der Waals surface area contributed by atoms with Crippen molar-refractivity contribution in [3.63, 3.8) is 0 Å². The van der Waals surface area contributed by atoms with E-state index in [1.807, 2.05) is 40.9 Å². The van der Waals surface area contributed by atoms with Crippen LogP contribution in [0, 0.1) is 5.92 Å². The molecule has 0 unspecified atom stereocenters. The Bertz CT molecular complexity index is 1080. The Balaban J connectivity index is 1.37. The van der Waals surface area contributed by atoms with Gasteiger partial charge in [0.1, 0.15) is 0 Å². The van der Waals surface area contributed by atoms with Crippen LogP contribution in [0.15, 0.2) is 42.5 Å². The number of carbonyl (C=O) groups is 3. The van der Waals surface area contributed by atoms with Gasteiger partial charge in [0, 0.05) is 42.7 Å². The van der Waals surface area contributed by atoms with E-state index in [1.54, 1.807) is 18.2 Å². The quantitative estimate of drug-likeness (QED) is 0.617. The van der Waals surface area contributed by atoms with Crippen molar-refractivity contribution < 1.29 is 14.4 Å². The highest BCUT2D eigenvalue weighted by Gasteiger charge is 2.39. The molecule has 3 aliphatic rings. The number of nitrogens with zero attached hydrogens (tertiary/aromatic N) is 3. The first-order chi connectivity index (χ1) is 16.0. The molecule has 0 spiro atoms. The summed E-state index contributed by atoms with van der Waals surface area (Å²) in [6, 6.07) is 12.6. The minimum atomic E-state index is -0.276. The van der Waals surface area contributed by atoms with Crippen LogP contribution in [0.1, 0.15) is 39.1 Å².